The fraction of sp³-hybridized carbons (Fsp3) is 0.857. The molecule has 4 heteroatoms. The van der Waals surface area contributed by atoms with E-state index < -0.39 is 0 Å². The van der Waals surface area contributed by atoms with Crippen LogP contribution in [0.15, 0.2) is 0 Å². The summed E-state index contributed by atoms with van der Waals surface area (Å²) in [7, 11) is 0. The molecule has 0 amide bonds. The molecule has 0 radical (unpaired) electrons. The zero-order valence-electron chi connectivity index (χ0n) is 16.0. The second-order valence-corrected chi connectivity index (χ2v) is 6.81. The molecule has 0 aromatic heterocycles. The summed E-state index contributed by atoms with van der Waals surface area (Å²) in [4.78, 5) is 2.60. The fourth-order valence-corrected chi connectivity index (χ4v) is 3.01. The van der Waals surface area contributed by atoms with Crippen molar-refractivity contribution in [3.8, 4) is 18.2 Å². The number of hydrogen-bond donors (Lipinski definition) is 0. The SMILES string of the molecule is N#CCCCCCCN(CCCCCCC#N)CCCCCCC#N. The Morgan fingerprint density at radius 2 is 0.680 bits per heavy atom. The summed E-state index contributed by atoms with van der Waals surface area (Å²) in [6, 6.07) is 6.64. The first-order chi connectivity index (χ1) is 12.3. The van der Waals surface area contributed by atoms with Crippen LogP contribution in [0, 0.1) is 34.0 Å². The summed E-state index contributed by atoms with van der Waals surface area (Å²) < 4.78 is 0. The van der Waals surface area contributed by atoms with E-state index in [-0.39, 0.29) is 0 Å². The van der Waals surface area contributed by atoms with Crippen LogP contribution in [-0.2, 0) is 0 Å². The molecule has 0 heterocycles. The van der Waals surface area contributed by atoms with Crippen molar-refractivity contribution in [2.75, 3.05) is 19.6 Å². The maximum absolute atomic E-state index is 8.57. The largest absolute Gasteiger partial charge is 0.303 e. The van der Waals surface area contributed by atoms with E-state index in [1.807, 2.05) is 0 Å². The van der Waals surface area contributed by atoms with Gasteiger partial charge in [-0.15, -0.1) is 0 Å². The van der Waals surface area contributed by atoms with E-state index in [0.717, 1.165) is 19.3 Å². The molecule has 25 heavy (non-hydrogen) atoms. The lowest BCUT2D eigenvalue weighted by Gasteiger charge is -2.22. The lowest BCUT2D eigenvalue weighted by molar-refractivity contribution is 0.254. The highest BCUT2D eigenvalue weighted by Gasteiger charge is 2.05. The van der Waals surface area contributed by atoms with Crippen LogP contribution in [0.2, 0.25) is 0 Å². The van der Waals surface area contributed by atoms with Crippen molar-refractivity contribution in [3.05, 3.63) is 0 Å². The Kier molecular flexibility index (Phi) is 19.2. The Morgan fingerprint density at radius 3 is 0.960 bits per heavy atom. The first-order valence-electron chi connectivity index (χ1n) is 10.2. The van der Waals surface area contributed by atoms with Gasteiger partial charge in [-0.25, -0.2) is 0 Å². The molecule has 0 spiro atoms. The average molecular weight is 345 g/mol. The van der Waals surface area contributed by atoms with E-state index in [2.05, 4.69) is 23.1 Å². The van der Waals surface area contributed by atoms with Gasteiger partial charge in [-0.2, -0.15) is 15.8 Å². The smallest absolute Gasteiger partial charge is 0.0621 e. The maximum atomic E-state index is 8.57. The standard InChI is InChI=1S/C21H36N4/c22-16-10-4-1-7-13-19-25(20-14-8-2-5-11-17-23)21-15-9-3-6-12-18-24/h1-15,19-21H2. The van der Waals surface area contributed by atoms with Gasteiger partial charge in [-0.1, -0.05) is 38.5 Å². The monoisotopic (exact) mass is 344 g/mol. The Hall–Kier alpha value is -1.57. The number of unbranched alkanes of at least 4 members (excludes halogenated alkanes) is 12. The van der Waals surface area contributed by atoms with Crippen LogP contribution in [0.4, 0.5) is 0 Å². The lowest BCUT2D eigenvalue weighted by atomic mass is 10.1. The molecule has 0 aliphatic rings. The van der Waals surface area contributed by atoms with E-state index in [4.69, 9.17) is 15.8 Å². The van der Waals surface area contributed by atoms with E-state index in [0.29, 0.717) is 19.3 Å². The highest BCUT2D eigenvalue weighted by molar-refractivity contribution is 4.70. The Bertz CT molecular complexity index is 338. The highest BCUT2D eigenvalue weighted by atomic mass is 15.1. The van der Waals surface area contributed by atoms with Crippen LogP contribution in [0.5, 0.6) is 0 Å². The van der Waals surface area contributed by atoms with Gasteiger partial charge >= 0.3 is 0 Å². The summed E-state index contributed by atoms with van der Waals surface area (Å²) in [5.41, 5.74) is 0. The molecule has 0 rings (SSSR count). The van der Waals surface area contributed by atoms with Crippen LogP contribution in [0.1, 0.15) is 96.3 Å². The first-order valence-corrected chi connectivity index (χ1v) is 10.2. The Morgan fingerprint density at radius 1 is 0.400 bits per heavy atom. The molecule has 0 bridgehead atoms. The molecular formula is C21H36N4. The maximum Gasteiger partial charge on any atom is 0.0621 e. The molecule has 0 N–H and O–H groups in total. The predicted octanol–water partition coefficient (Wildman–Crippen LogP) is 5.71. The summed E-state index contributed by atoms with van der Waals surface area (Å²) in [6.45, 7) is 3.51. The summed E-state index contributed by atoms with van der Waals surface area (Å²) in [6.07, 6.45) is 16.1. The second-order valence-electron chi connectivity index (χ2n) is 6.81. The number of nitrogens with zero attached hydrogens (tertiary/aromatic N) is 4. The Balaban J connectivity index is 3.82. The molecule has 140 valence electrons. The number of rotatable bonds is 18. The van der Waals surface area contributed by atoms with Crippen molar-refractivity contribution in [3.63, 3.8) is 0 Å². The fourth-order valence-electron chi connectivity index (χ4n) is 3.01. The van der Waals surface area contributed by atoms with E-state index in [1.54, 1.807) is 0 Å². The quantitative estimate of drug-likeness (QED) is 0.298. The molecule has 0 aromatic rings. The van der Waals surface area contributed by atoms with Gasteiger partial charge in [0.15, 0.2) is 0 Å². The second kappa shape index (κ2) is 20.5. The van der Waals surface area contributed by atoms with Gasteiger partial charge in [0.1, 0.15) is 0 Å². The van der Waals surface area contributed by atoms with Crippen LogP contribution in [0.3, 0.4) is 0 Å². The van der Waals surface area contributed by atoms with Crippen molar-refractivity contribution in [1.82, 2.24) is 4.90 Å². The molecule has 0 aliphatic carbocycles. The molecular weight excluding hydrogens is 308 g/mol. The molecule has 0 atom stereocenters. The molecule has 0 aliphatic heterocycles. The molecule has 0 saturated heterocycles. The minimum absolute atomic E-state index is 0.690. The van der Waals surface area contributed by atoms with E-state index in [1.165, 1.54) is 77.4 Å². The summed E-state index contributed by atoms with van der Waals surface area (Å²) in [5.74, 6) is 0. The van der Waals surface area contributed by atoms with Gasteiger partial charge < -0.3 is 4.90 Å². The molecule has 0 unspecified atom stereocenters. The lowest BCUT2D eigenvalue weighted by Crippen LogP contribution is -2.27. The predicted molar refractivity (Wildman–Crippen MR) is 103 cm³/mol. The van der Waals surface area contributed by atoms with Crippen LogP contribution >= 0.6 is 0 Å². The van der Waals surface area contributed by atoms with Gasteiger partial charge in [0, 0.05) is 19.3 Å². The average Bonchev–Trinajstić information content (AvgIpc) is 2.63. The zero-order chi connectivity index (χ0) is 18.4. The third-order valence-corrected chi connectivity index (χ3v) is 4.54. The van der Waals surface area contributed by atoms with Crippen molar-refractivity contribution in [2.45, 2.75) is 96.3 Å². The van der Waals surface area contributed by atoms with Crippen LogP contribution in [0.25, 0.3) is 0 Å². The molecule has 0 aromatic carbocycles. The number of hydrogen-bond acceptors (Lipinski definition) is 4. The van der Waals surface area contributed by atoms with Gasteiger partial charge in [0.05, 0.1) is 18.2 Å². The van der Waals surface area contributed by atoms with Crippen molar-refractivity contribution in [1.29, 1.82) is 15.8 Å². The third kappa shape index (κ3) is 18.6. The topological polar surface area (TPSA) is 74.6 Å². The van der Waals surface area contributed by atoms with Crippen LogP contribution < -0.4 is 0 Å². The van der Waals surface area contributed by atoms with Gasteiger partial charge in [-0.3, -0.25) is 0 Å². The Labute approximate surface area is 155 Å². The van der Waals surface area contributed by atoms with Gasteiger partial charge in [0.25, 0.3) is 0 Å². The third-order valence-electron chi connectivity index (χ3n) is 4.54. The molecule has 4 nitrogen and oxygen atoms in total. The first kappa shape index (κ1) is 23.4. The van der Waals surface area contributed by atoms with Gasteiger partial charge in [0.2, 0.25) is 0 Å². The van der Waals surface area contributed by atoms with Gasteiger partial charge in [-0.05, 0) is 58.2 Å². The normalized spacial score (nSPS) is 10.3. The van der Waals surface area contributed by atoms with Crippen LogP contribution in [-0.4, -0.2) is 24.5 Å². The number of nitriles is 3. The summed E-state index contributed by atoms with van der Waals surface area (Å²) >= 11 is 0. The minimum atomic E-state index is 0.690. The summed E-state index contributed by atoms with van der Waals surface area (Å²) in [5, 5.41) is 25.7. The van der Waals surface area contributed by atoms with E-state index >= 15 is 0 Å². The minimum Gasteiger partial charge on any atom is -0.303 e. The van der Waals surface area contributed by atoms with Crippen molar-refractivity contribution < 1.29 is 0 Å². The zero-order valence-corrected chi connectivity index (χ0v) is 16.0. The highest BCUT2D eigenvalue weighted by Crippen LogP contribution is 2.10. The molecule has 0 saturated carbocycles. The van der Waals surface area contributed by atoms with Crippen molar-refractivity contribution >= 4 is 0 Å². The van der Waals surface area contributed by atoms with E-state index in [9.17, 15) is 0 Å². The molecule has 0 fully saturated rings. The van der Waals surface area contributed by atoms with Crippen molar-refractivity contribution in [2.24, 2.45) is 0 Å².